The zero-order valence-corrected chi connectivity index (χ0v) is 11.2. The van der Waals surface area contributed by atoms with Gasteiger partial charge in [0, 0.05) is 24.5 Å². The quantitative estimate of drug-likeness (QED) is 0.791. The van der Waals surface area contributed by atoms with Gasteiger partial charge in [-0.1, -0.05) is 40.2 Å². The highest BCUT2D eigenvalue weighted by atomic mass is 79.9. The predicted molar refractivity (Wildman–Crippen MR) is 69.9 cm³/mol. The molecule has 1 aliphatic rings. The van der Waals surface area contributed by atoms with Gasteiger partial charge in [-0.2, -0.15) is 0 Å². The summed E-state index contributed by atoms with van der Waals surface area (Å²) in [5.74, 6) is 0. The number of rotatable bonds is 3. The van der Waals surface area contributed by atoms with E-state index >= 15 is 0 Å². The Bertz CT molecular complexity index is 319. The highest BCUT2D eigenvalue weighted by molar-refractivity contribution is 9.08. The molecule has 1 aliphatic heterocycles. The van der Waals surface area contributed by atoms with Gasteiger partial charge in [-0.15, -0.1) is 0 Å². The standard InChI is InChI=1S/C13H18BrNO/c1-11(15-6-8-16-9-7-15)13-4-2-12(10-14)3-5-13/h2-5,11H,6-10H2,1H3. The minimum Gasteiger partial charge on any atom is -0.379 e. The maximum atomic E-state index is 5.37. The summed E-state index contributed by atoms with van der Waals surface area (Å²) in [5, 5.41) is 0.930. The first-order valence-electron chi connectivity index (χ1n) is 5.78. The van der Waals surface area contributed by atoms with Crippen molar-refractivity contribution in [3.63, 3.8) is 0 Å². The molecule has 1 aromatic carbocycles. The fourth-order valence-electron chi connectivity index (χ4n) is 2.06. The van der Waals surface area contributed by atoms with E-state index in [-0.39, 0.29) is 0 Å². The summed E-state index contributed by atoms with van der Waals surface area (Å²) in [5.41, 5.74) is 2.73. The van der Waals surface area contributed by atoms with Crippen molar-refractivity contribution < 1.29 is 4.74 Å². The average molecular weight is 284 g/mol. The zero-order valence-electron chi connectivity index (χ0n) is 9.66. The molecule has 2 rings (SSSR count). The van der Waals surface area contributed by atoms with Crippen molar-refractivity contribution in [3.05, 3.63) is 35.4 Å². The molecule has 0 amide bonds. The summed E-state index contributed by atoms with van der Waals surface area (Å²) >= 11 is 3.47. The van der Waals surface area contributed by atoms with Crippen LogP contribution in [0.25, 0.3) is 0 Å². The Labute approximate surface area is 106 Å². The Hall–Kier alpha value is -0.380. The van der Waals surface area contributed by atoms with Crippen LogP contribution in [0.5, 0.6) is 0 Å². The first kappa shape index (κ1) is 12.1. The third-order valence-electron chi connectivity index (χ3n) is 3.21. The lowest BCUT2D eigenvalue weighted by atomic mass is 10.1. The van der Waals surface area contributed by atoms with Crippen LogP contribution in [0.4, 0.5) is 0 Å². The van der Waals surface area contributed by atoms with Gasteiger partial charge < -0.3 is 4.74 Å². The number of morpholine rings is 1. The van der Waals surface area contributed by atoms with Gasteiger partial charge in [0.1, 0.15) is 0 Å². The van der Waals surface area contributed by atoms with Crippen LogP contribution in [0.15, 0.2) is 24.3 Å². The van der Waals surface area contributed by atoms with Gasteiger partial charge in [0.2, 0.25) is 0 Å². The first-order valence-corrected chi connectivity index (χ1v) is 6.90. The molecule has 0 saturated carbocycles. The molecule has 1 heterocycles. The van der Waals surface area contributed by atoms with E-state index in [4.69, 9.17) is 4.74 Å². The van der Waals surface area contributed by atoms with Gasteiger partial charge in [0.05, 0.1) is 13.2 Å². The molecule has 0 N–H and O–H groups in total. The minimum atomic E-state index is 0.494. The molecule has 1 unspecified atom stereocenters. The van der Waals surface area contributed by atoms with E-state index in [1.807, 2.05) is 0 Å². The molecule has 2 nitrogen and oxygen atoms in total. The Kier molecular flexibility index (Phi) is 4.38. The van der Waals surface area contributed by atoms with Crippen LogP contribution in [0.3, 0.4) is 0 Å². The number of hydrogen-bond donors (Lipinski definition) is 0. The van der Waals surface area contributed by atoms with Gasteiger partial charge in [-0.3, -0.25) is 4.90 Å². The number of halogens is 1. The number of hydrogen-bond acceptors (Lipinski definition) is 2. The van der Waals surface area contributed by atoms with Crippen molar-refractivity contribution in [2.75, 3.05) is 26.3 Å². The molecule has 1 fully saturated rings. The van der Waals surface area contributed by atoms with Crippen molar-refractivity contribution in [2.24, 2.45) is 0 Å². The maximum Gasteiger partial charge on any atom is 0.0594 e. The fraction of sp³-hybridized carbons (Fsp3) is 0.538. The Morgan fingerprint density at radius 2 is 1.88 bits per heavy atom. The molecule has 1 aromatic rings. The van der Waals surface area contributed by atoms with Gasteiger partial charge in [-0.05, 0) is 18.1 Å². The van der Waals surface area contributed by atoms with E-state index < -0.39 is 0 Å². The summed E-state index contributed by atoms with van der Waals surface area (Å²) in [6.07, 6.45) is 0. The summed E-state index contributed by atoms with van der Waals surface area (Å²) in [7, 11) is 0. The second-order valence-corrected chi connectivity index (χ2v) is 4.76. The smallest absolute Gasteiger partial charge is 0.0594 e. The van der Waals surface area contributed by atoms with Crippen LogP contribution in [-0.2, 0) is 10.1 Å². The van der Waals surface area contributed by atoms with Crippen LogP contribution in [-0.4, -0.2) is 31.2 Å². The summed E-state index contributed by atoms with van der Waals surface area (Å²) in [4.78, 5) is 2.48. The lowest BCUT2D eigenvalue weighted by Gasteiger charge is -2.32. The number of ether oxygens (including phenoxy) is 1. The monoisotopic (exact) mass is 283 g/mol. The van der Waals surface area contributed by atoms with Crippen LogP contribution in [0, 0.1) is 0 Å². The van der Waals surface area contributed by atoms with E-state index in [0.29, 0.717) is 6.04 Å². The Morgan fingerprint density at radius 1 is 1.25 bits per heavy atom. The van der Waals surface area contributed by atoms with E-state index in [0.717, 1.165) is 31.6 Å². The second kappa shape index (κ2) is 5.80. The molecule has 0 bridgehead atoms. The molecule has 3 heteroatoms. The van der Waals surface area contributed by atoms with Gasteiger partial charge in [0.25, 0.3) is 0 Å². The summed E-state index contributed by atoms with van der Waals surface area (Å²) in [6.45, 7) is 6.09. The fourth-order valence-corrected chi connectivity index (χ4v) is 2.43. The predicted octanol–water partition coefficient (Wildman–Crippen LogP) is 2.97. The highest BCUT2D eigenvalue weighted by Crippen LogP contribution is 2.21. The lowest BCUT2D eigenvalue weighted by molar-refractivity contribution is 0.0198. The van der Waals surface area contributed by atoms with Crippen molar-refractivity contribution in [2.45, 2.75) is 18.3 Å². The molecule has 0 radical (unpaired) electrons. The highest BCUT2D eigenvalue weighted by Gasteiger charge is 2.17. The van der Waals surface area contributed by atoms with Crippen molar-refractivity contribution in [1.29, 1.82) is 0 Å². The minimum absolute atomic E-state index is 0.494. The molecule has 1 saturated heterocycles. The largest absolute Gasteiger partial charge is 0.379 e. The van der Waals surface area contributed by atoms with Crippen molar-refractivity contribution in [3.8, 4) is 0 Å². The molecular formula is C13H18BrNO. The second-order valence-electron chi connectivity index (χ2n) is 4.20. The Morgan fingerprint density at radius 3 is 2.44 bits per heavy atom. The molecule has 1 atom stereocenters. The lowest BCUT2D eigenvalue weighted by Crippen LogP contribution is -2.37. The first-order chi connectivity index (χ1) is 7.81. The SMILES string of the molecule is CC(c1ccc(CBr)cc1)N1CCOCC1. The third-order valence-corrected chi connectivity index (χ3v) is 3.86. The van der Waals surface area contributed by atoms with Crippen LogP contribution < -0.4 is 0 Å². The molecular weight excluding hydrogens is 266 g/mol. The summed E-state index contributed by atoms with van der Waals surface area (Å²) < 4.78 is 5.37. The van der Waals surface area contributed by atoms with E-state index in [1.54, 1.807) is 0 Å². The third kappa shape index (κ3) is 2.84. The molecule has 88 valence electrons. The van der Waals surface area contributed by atoms with E-state index in [9.17, 15) is 0 Å². The summed E-state index contributed by atoms with van der Waals surface area (Å²) in [6, 6.07) is 9.35. The van der Waals surface area contributed by atoms with Crippen LogP contribution in [0.2, 0.25) is 0 Å². The van der Waals surface area contributed by atoms with Crippen LogP contribution >= 0.6 is 15.9 Å². The maximum absolute atomic E-state index is 5.37. The van der Waals surface area contributed by atoms with Crippen molar-refractivity contribution >= 4 is 15.9 Å². The Balaban J connectivity index is 2.04. The molecule has 0 aliphatic carbocycles. The molecule has 0 spiro atoms. The van der Waals surface area contributed by atoms with Crippen LogP contribution in [0.1, 0.15) is 24.1 Å². The van der Waals surface area contributed by atoms with Gasteiger partial charge >= 0.3 is 0 Å². The molecule has 0 aromatic heterocycles. The number of benzene rings is 1. The normalized spacial score (nSPS) is 19.6. The topological polar surface area (TPSA) is 12.5 Å². The van der Waals surface area contributed by atoms with Gasteiger partial charge in [0.15, 0.2) is 0 Å². The average Bonchev–Trinajstić information content (AvgIpc) is 2.39. The van der Waals surface area contributed by atoms with E-state index in [1.165, 1.54) is 11.1 Å². The number of nitrogens with zero attached hydrogens (tertiary/aromatic N) is 1. The molecule has 16 heavy (non-hydrogen) atoms. The zero-order chi connectivity index (χ0) is 11.4. The van der Waals surface area contributed by atoms with Gasteiger partial charge in [-0.25, -0.2) is 0 Å². The number of alkyl halides is 1. The van der Waals surface area contributed by atoms with Crippen molar-refractivity contribution in [1.82, 2.24) is 4.90 Å². The van der Waals surface area contributed by atoms with E-state index in [2.05, 4.69) is 52.0 Å².